The van der Waals surface area contributed by atoms with Crippen molar-refractivity contribution in [2.75, 3.05) is 23.9 Å². The number of rotatable bonds is 7. The summed E-state index contributed by atoms with van der Waals surface area (Å²) in [5, 5.41) is 4.18. The predicted octanol–water partition coefficient (Wildman–Crippen LogP) is 6.10. The van der Waals surface area contributed by atoms with Gasteiger partial charge in [0.15, 0.2) is 6.61 Å². The molecule has 2 aliphatic heterocycles. The highest BCUT2D eigenvalue weighted by molar-refractivity contribution is 8.00. The van der Waals surface area contributed by atoms with E-state index in [1.807, 2.05) is 37.3 Å². The molecule has 240 valence electrons. The molecule has 2 aliphatic carbocycles. The monoisotopic (exact) mass is 687 g/mol. The average Bonchev–Trinajstić information content (AvgIpc) is 3.80. The van der Waals surface area contributed by atoms with Crippen molar-refractivity contribution in [2.45, 2.75) is 29.5 Å². The smallest absolute Gasteiger partial charge is 0.305 e. The molecule has 8 rings (SSSR count). The number of carbonyl (C=O) groups is 3. The second-order valence-corrected chi connectivity index (χ2v) is 15.1. The van der Waals surface area contributed by atoms with Gasteiger partial charge in [-0.3, -0.25) is 24.1 Å². The zero-order valence-electron chi connectivity index (χ0n) is 25.4. The van der Waals surface area contributed by atoms with Crippen LogP contribution in [0.4, 0.5) is 11.4 Å². The Labute approximate surface area is 283 Å². The minimum Gasteiger partial charge on any atom is -0.497 e. The number of methoxy groups -OCH3 is 1. The van der Waals surface area contributed by atoms with Gasteiger partial charge in [-0.25, -0.2) is 0 Å². The lowest BCUT2D eigenvalue weighted by molar-refractivity contribution is -0.123. The molecule has 47 heavy (non-hydrogen) atoms. The zero-order valence-corrected chi connectivity index (χ0v) is 27.8. The molecule has 2 N–H and O–H groups in total. The maximum absolute atomic E-state index is 14.1. The summed E-state index contributed by atoms with van der Waals surface area (Å²) in [7, 11) is 1.57. The van der Waals surface area contributed by atoms with Gasteiger partial charge in [-0.05, 0) is 85.2 Å². The van der Waals surface area contributed by atoms with E-state index in [-0.39, 0.29) is 58.1 Å². The van der Waals surface area contributed by atoms with Gasteiger partial charge in [0.05, 0.1) is 29.7 Å². The summed E-state index contributed by atoms with van der Waals surface area (Å²) in [6.07, 6.45) is 0.747. The number of H-pyrrole nitrogens is 1. The van der Waals surface area contributed by atoms with Gasteiger partial charge >= 0.3 is 4.87 Å². The number of hydrogen-bond acceptors (Lipinski definition) is 8. The van der Waals surface area contributed by atoms with Crippen LogP contribution >= 0.6 is 34.7 Å². The first-order chi connectivity index (χ1) is 22.7. The van der Waals surface area contributed by atoms with Gasteiger partial charge in [-0.15, -0.1) is 11.8 Å². The molecule has 3 amide bonds. The normalized spacial score (nSPS) is 27.0. The van der Waals surface area contributed by atoms with E-state index in [0.29, 0.717) is 27.9 Å². The number of ether oxygens (including phenoxy) is 2. The van der Waals surface area contributed by atoms with Crippen molar-refractivity contribution in [3.8, 4) is 11.5 Å². The quantitative estimate of drug-likeness (QED) is 0.226. The molecule has 2 saturated carbocycles. The third-order valence-corrected chi connectivity index (χ3v) is 13.0. The first kappa shape index (κ1) is 30.3. The van der Waals surface area contributed by atoms with E-state index >= 15 is 0 Å². The second kappa shape index (κ2) is 11.6. The van der Waals surface area contributed by atoms with Crippen LogP contribution in [0.2, 0.25) is 5.02 Å². The molecule has 7 atom stereocenters. The van der Waals surface area contributed by atoms with E-state index in [9.17, 15) is 19.2 Å². The second-order valence-electron chi connectivity index (χ2n) is 12.5. The summed E-state index contributed by atoms with van der Waals surface area (Å²) in [4.78, 5) is 58.9. The molecule has 12 heteroatoms. The molecule has 1 aromatic heterocycles. The fraction of sp³-hybridized carbons (Fsp3) is 0.314. The summed E-state index contributed by atoms with van der Waals surface area (Å²) in [6.45, 7) is 1.69. The van der Waals surface area contributed by atoms with Crippen LogP contribution in [0, 0.1) is 36.5 Å². The van der Waals surface area contributed by atoms with Crippen molar-refractivity contribution in [2.24, 2.45) is 29.6 Å². The standard InChI is InChI=1S/C35H30ClN3O6S2/c1-16-5-3-4-6-23(16)37-25(40)15-45-24-12-7-17(36)13-20(24)26-27-21-14-22(30(27)46-32-31(26)47-35(43)38-32)29-28(21)33(41)39(34(29)42)18-8-10-19(44-2)11-9-18/h3-13,21-22,26-30H,14-15H2,1-2H3,(H,37,40)(H,38,43)/t21-,22-,26-,27?,28?,29?,30?/m1/s1. The maximum atomic E-state index is 14.1. The van der Waals surface area contributed by atoms with Crippen LogP contribution in [0.15, 0.2) is 76.6 Å². The number of anilines is 2. The molecule has 4 unspecified atom stereocenters. The minimum absolute atomic E-state index is 0.00671. The number of aromatic nitrogens is 1. The van der Waals surface area contributed by atoms with Crippen molar-refractivity contribution in [3.63, 3.8) is 0 Å². The molecule has 9 nitrogen and oxygen atoms in total. The minimum atomic E-state index is -0.459. The number of thioether (sulfide) groups is 1. The molecule has 3 fully saturated rings. The first-order valence-corrected chi connectivity index (χ1v) is 17.5. The van der Waals surface area contributed by atoms with E-state index in [0.717, 1.165) is 38.8 Å². The summed E-state index contributed by atoms with van der Waals surface area (Å²) >= 11 is 9.37. The zero-order chi connectivity index (χ0) is 32.6. The predicted molar refractivity (Wildman–Crippen MR) is 181 cm³/mol. The summed E-state index contributed by atoms with van der Waals surface area (Å²) in [5.41, 5.74) is 2.96. The number of nitrogens with zero attached hydrogens (tertiary/aromatic N) is 1. The number of para-hydroxylation sites is 1. The number of halogens is 1. The first-order valence-electron chi connectivity index (χ1n) is 15.4. The summed E-state index contributed by atoms with van der Waals surface area (Å²) in [6, 6.07) is 19.8. The third-order valence-electron chi connectivity index (χ3n) is 10.1. The number of amides is 3. The average molecular weight is 688 g/mol. The van der Waals surface area contributed by atoms with Crippen LogP contribution in [0.5, 0.6) is 11.5 Å². The molecule has 3 heterocycles. The summed E-state index contributed by atoms with van der Waals surface area (Å²) in [5.74, 6) is -0.892. The molecule has 1 saturated heterocycles. The fourth-order valence-corrected chi connectivity index (χ4v) is 11.3. The van der Waals surface area contributed by atoms with Gasteiger partial charge in [0.2, 0.25) is 11.8 Å². The number of nitrogens with one attached hydrogen (secondary N) is 2. The Balaban J connectivity index is 1.14. The number of imide groups is 1. The lowest BCUT2D eigenvalue weighted by atomic mass is 9.68. The van der Waals surface area contributed by atoms with E-state index < -0.39 is 11.8 Å². The fourth-order valence-electron chi connectivity index (χ4n) is 8.29. The van der Waals surface area contributed by atoms with Crippen LogP contribution in [-0.4, -0.2) is 41.7 Å². The van der Waals surface area contributed by atoms with E-state index in [4.69, 9.17) is 21.1 Å². The van der Waals surface area contributed by atoms with Gasteiger partial charge in [0.1, 0.15) is 11.5 Å². The number of hydrogen-bond donors (Lipinski definition) is 2. The van der Waals surface area contributed by atoms with Crippen LogP contribution in [0.3, 0.4) is 0 Å². The van der Waals surface area contributed by atoms with Crippen LogP contribution in [0.1, 0.15) is 28.3 Å². The number of benzene rings is 3. The Hall–Kier alpha value is -4.06. The number of aromatic amines is 1. The topological polar surface area (TPSA) is 118 Å². The number of aryl methyl sites for hydroxylation is 1. The lowest BCUT2D eigenvalue weighted by Gasteiger charge is -2.43. The lowest BCUT2D eigenvalue weighted by Crippen LogP contribution is -2.42. The van der Waals surface area contributed by atoms with Crippen LogP contribution < -0.4 is 24.6 Å². The van der Waals surface area contributed by atoms with Gasteiger partial charge in [-0.1, -0.05) is 41.1 Å². The third kappa shape index (κ3) is 4.89. The number of thiazole rings is 1. The van der Waals surface area contributed by atoms with Gasteiger partial charge in [-0.2, -0.15) is 0 Å². The van der Waals surface area contributed by atoms with Crippen molar-refractivity contribution >= 4 is 63.8 Å². The highest BCUT2D eigenvalue weighted by Gasteiger charge is 2.69. The summed E-state index contributed by atoms with van der Waals surface area (Å²) < 4.78 is 11.5. The highest BCUT2D eigenvalue weighted by Crippen LogP contribution is 2.69. The molecule has 3 aromatic carbocycles. The largest absolute Gasteiger partial charge is 0.497 e. The Morgan fingerprint density at radius 2 is 1.77 bits per heavy atom. The SMILES string of the molecule is COc1ccc(N2C(=O)C3C(C2=O)[C@@H]2C[C@H]3C3Sc4[nH]c(=O)sc4[C@H](c4cc(Cl)ccc4OCC(=O)Nc4ccccc4C)C32)cc1. The molecule has 4 aromatic rings. The van der Waals surface area contributed by atoms with E-state index in [1.165, 1.54) is 4.90 Å². The maximum Gasteiger partial charge on any atom is 0.305 e. The molecular formula is C35H30ClN3O6S2. The Bertz CT molecular complexity index is 1990. The molecule has 2 bridgehead atoms. The number of carbonyl (C=O) groups excluding carboxylic acids is 3. The highest BCUT2D eigenvalue weighted by atomic mass is 35.5. The van der Waals surface area contributed by atoms with E-state index in [1.54, 1.807) is 55.3 Å². The molecule has 0 radical (unpaired) electrons. The van der Waals surface area contributed by atoms with Crippen molar-refractivity contribution < 1.29 is 23.9 Å². The van der Waals surface area contributed by atoms with Crippen molar-refractivity contribution in [1.82, 2.24) is 4.98 Å². The Morgan fingerprint density at radius 3 is 2.51 bits per heavy atom. The van der Waals surface area contributed by atoms with Crippen molar-refractivity contribution in [1.29, 1.82) is 0 Å². The Morgan fingerprint density at radius 1 is 1.02 bits per heavy atom. The molecule has 0 spiro atoms. The van der Waals surface area contributed by atoms with Gasteiger partial charge < -0.3 is 19.8 Å². The van der Waals surface area contributed by atoms with Gasteiger partial charge in [0, 0.05) is 32.3 Å². The van der Waals surface area contributed by atoms with Crippen LogP contribution in [-0.2, 0) is 14.4 Å². The van der Waals surface area contributed by atoms with E-state index in [2.05, 4.69) is 10.3 Å². The molecular weight excluding hydrogens is 658 g/mol. The van der Waals surface area contributed by atoms with Gasteiger partial charge in [0.25, 0.3) is 5.91 Å². The number of fused-ring (bicyclic) bond motifs is 9. The van der Waals surface area contributed by atoms with Crippen molar-refractivity contribution in [3.05, 3.63) is 97.4 Å². The molecule has 4 aliphatic rings. The Kier molecular flexibility index (Phi) is 7.46. The van der Waals surface area contributed by atoms with Crippen LogP contribution in [0.25, 0.3) is 0 Å².